The number of fused-ring (bicyclic) bond motifs is 1. The maximum Gasteiger partial charge on any atom is 0.268 e. The maximum absolute atomic E-state index is 13.1. The van der Waals surface area contributed by atoms with Crippen LogP contribution < -0.4 is 5.56 Å². The maximum atomic E-state index is 13.1. The summed E-state index contributed by atoms with van der Waals surface area (Å²) < 4.78 is 13.7. The second-order valence-corrected chi connectivity index (χ2v) is 7.59. The van der Waals surface area contributed by atoms with Crippen LogP contribution in [0.25, 0.3) is 20.7 Å². The summed E-state index contributed by atoms with van der Waals surface area (Å²) in [5.41, 5.74) is 1.53. The zero-order valence-corrected chi connectivity index (χ0v) is 14.7. The van der Waals surface area contributed by atoms with Gasteiger partial charge in [-0.2, -0.15) is 0 Å². The van der Waals surface area contributed by atoms with Gasteiger partial charge in [-0.3, -0.25) is 9.69 Å². The fraction of sp³-hybridized carbons (Fsp3) is 0.368. The van der Waals surface area contributed by atoms with Crippen molar-refractivity contribution in [3.05, 3.63) is 52.3 Å². The van der Waals surface area contributed by atoms with Crippen molar-refractivity contribution in [2.24, 2.45) is 0 Å². The highest BCUT2D eigenvalue weighted by Crippen LogP contribution is 2.31. The van der Waals surface area contributed by atoms with Crippen molar-refractivity contribution >= 4 is 21.6 Å². The van der Waals surface area contributed by atoms with Gasteiger partial charge in [-0.1, -0.05) is 25.0 Å². The average molecular weight is 357 g/mol. The highest BCUT2D eigenvalue weighted by Gasteiger charge is 2.14. The Morgan fingerprint density at radius 2 is 1.84 bits per heavy atom. The number of likely N-dealkylation sites (tertiary alicyclic amines) is 1. The van der Waals surface area contributed by atoms with Crippen molar-refractivity contribution in [2.45, 2.75) is 32.2 Å². The second-order valence-electron chi connectivity index (χ2n) is 6.53. The number of H-pyrrole nitrogens is 1. The summed E-state index contributed by atoms with van der Waals surface area (Å²) >= 11 is 1.40. The Bertz CT molecular complexity index is 924. The lowest BCUT2D eigenvalue weighted by Gasteiger charge is -2.18. The lowest BCUT2D eigenvalue weighted by Crippen LogP contribution is -2.26. The van der Waals surface area contributed by atoms with Crippen LogP contribution in [0.15, 0.2) is 35.1 Å². The van der Waals surface area contributed by atoms with Gasteiger partial charge in [-0.15, -0.1) is 11.3 Å². The Labute approximate surface area is 149 Å². The molecule has 1 saturated heterocycles. The van der Waals surface area contributed by atoms with E-state index in [0.717, 1.165) is 34.9 Å². The number of nitrogens with one attached hydrogen (secondary N) is 1. The van der Waals surface area contributed by atoms with Crippen LogP contribution in [0.4, 0.5) is 4.39 Å². The Morgan fingerprint density at radius 1 is 1.12 bits per heavy atom. The van der Waals surface area contributed by atoms with E-state index >= 15 is 0 Å². The largest absolute Gasteiger partial charge is 0.308 e. The minimum absolute atomic E-state index is 0.0896. The highest BCUT2D eigenvalue weighted by molar-refractivity contribution is 7.22. The molecule has 1 aliphatic rings. The Morgan fingerprint density at radius 3 is 2.56 bits per heavy atom. The van der Waals surface area contributed by atoms with E-state index < -0.39 is 0 Å². The number of hydrogen-bond acceptors (Lipinski definition) is 4. The molecule has 1 aromatic carbocycles. The molecule has 130 valence electrons. The predicted molar refractivity (Wildman–Crippen MR) is 99.4 cm³/mol. The molecule has 0 spiro atoms. The van der Waals surface area contributed by atoms with Crippen LogP contribution in [-0.2, 0) is 6.54 Å². The normalized spacial score (nSPS) is 16.2. The molecule has 3 heterocycles. The fourth-order valence-corrected chi connectivity index (χ4v) is 4.32. The predicted octanol–water partition coefficient (Wildman–Crippen LogP) is 4.17. The summed E-state index contributed by atoms with van der Waals surface area (Å²) in [5, 5.41) is 0. The van der Waals surface area contributed by atoms with Crippen molar-refractivity contribution in [3.63, 3.8) is 0 Å². The highest BCUT2D eigenvalue weighted by atomic mass is 32.1. The average Bonchev–Trinajstić information content (AvgIpc) is 2.86. The van der Waals surface area contributed by atoms with Crippen LogP contribution in [0.5, 0.6) is 0 Å². The molecular weight excluding hydrogens is 337 g/mol. The fourth-order valence-electron chi connectivity index (χ4n) is 3.33. The number of halogens is 1. The van der Waals surface area contributed by atoms with Gasteiger partial charge in [-0.25, -0.2) is 9.37 Å². The number of aromatic nitrogens is 2. The Balaban J connectivity index is 1.64. The van der Waals surface area contributed by atoms with E-state index in [4.69, 9.17) is 0 Å². The van der Waals surface area contributed by atoms with Crippen molar-refractivity contribution < 1.29 is 4.39 Å². The third-order valence-corrected chi connectivity index (χ3v) is 5.80. The molecule has 0 radical (unpaired) electrons. The molecule has 0 amide bonds. The molecule has 1 fully saturated rings. The van der Waals surface area contributed by atoms with Crippen molar-refractivity contribution in [3.8, 4) is 10.4 Å². The van der Waals surface area contributed by atoms with Gasteiger partial charge >= 0.3 is 0 Å². The van der Waals surface area contributed by atoms with Crippen LogP contribution >= 0.6 is 11.3 Å². The zero-order chi connectivity index (χ0) is 17.2. The lowest BCUT2D eigenvalue weighted by molar-refractivity contribution is 0.270. The molecule has 2 aromatic heterocycles. The van der Waals surface area contributed by atoms with Crippen molar-refractivity contribution in [2.75, 3.05) is 13.1 Å². The van der Waals surface area contributed by atoms with E-state index in [9.17, 15) is 9.18 Å². The van der Waals surface area contributed by atoms with Crippen LogP contribution in [0.2, 0.25) is 0 Å². The number of aromatic amines is 1. The second kappa shape index (κ2) is 7.06. The Hall–Kier alpha value is -2.05. The molecule has 4 rings (SSSR count). The third kappa shape index (κ3) is 3.65. The van der Waals surface area contributed by atoms with Crippen LogP contribution in [-0.4, -0.2) is 28.0 Å². The van der Waals surface area contributed by atoms with Gasteiger partial charge in [0.05, 0.1) is 12.1 Å². The molecule has 3 aromatic rings. The summed E-state index contributed by atoms with van der Waals surface area (Å²) in [6.45, 7) is 2.81. The summed E-state index contributed by atoms with van der Waals surface area (Å²) in [5.74, 6) is 0.462. The van der Waals surface area contributed by atoms with Crippen LogP contribution in [0, 0.1) is 5.82 Å². The quantitative estimate of drug-likeness (QED) is 0.765. The third-order valence-electron chi connectivity index (χ3n) is 4.63. The van der Waals surface area contributed by atoms with E-state index in [1.807, 2.05) is 6.07 Å². The number of rotatable bonds is 3. The van der Waals surface area contributed by atoms with Gasteiger partial charge in [0.1, 0.15) is 16.3 Å². The van der Waals surface area contributed by atoms with E-state index in [0.29, 0.717) is 11.2 Å². The molecule has 4 nitrogen and oxygen atoms in total. The topological polar surface area (TPSA) is 49.0 Å². The molecule has 25 heavy (non-hydrogen) atoms. The summed E-state index contributed by atoms with van der Waals surface area (Å²) in [6.07, 6.45) is 4.98. The SMILES string of the molecule is O=c1[nH]c(CN2CCCCCC2)nc2cc(-c3ccc(F)cc3)sc12. The van der Waals surface area contributed by atoms with Gasteiger partial charge in [0.15, 0.2) is 0 Å². The molecule has 0 unspecified atom stereocenters. The summed E-state index contributed by atoms with van der Waals surface area (Å²) in [6, 6.07) is 8.25. The van der Waals surface area contributed by atoms with E-state index in [1.54, 1.807) is 12.1 Å². The first kappa shape index (κ1) is 16.4. The molecule has 1 N–H and O–H groups in total. The smallest absolute Gasteiger partial charge is 0.268 e. The van der Waals surface area contributed by atoms with Gasteiger partial charge in [0.25, 0.3) is 5.56 Å². The lowest BCUT2D eigenvalue weighted by atomic mass is 10.2. The van der Waals surface area contributed by atoms with E-state index in [1.165, 1.54) is 49.2 Å². The van der Waals surface area contributed by atoms with E-state index in [-0.39, 0.29) is 11.4 Å². The van der Waals surface area contributed by atoms with Gasteiger partial charge in [-0.05, 0) is 49.7 Å². The van der Waals surface area contributed by atoms with Crippen LogP contribution in [0.3, 0.4) is 0 Å². The molecule has 6 heteroatoms. The molecule has 0 saturated carbocycles. The minimum atomic E-state index is -0.263. The summed E-state index contributed by atoms with van der Waals surface area (Å²) in [7, 11) is 0. The first-order valence-electron chi connectivity index (χ1n) is 8.70. The molecule has 0 aliphatic carbocycles. The zero-order valence-electron chi connectivity index (χ0n) is 13.9. The summed E-state index contributed by atoms with van der Waals surface area (Å²) in [4.78, 5) is 23.3. The Kier molecular flexibility index (Phi) is 4.63. The first-order valence-corrected chi connectivity index (χ1v) is 9.52. The van der Waals surface area contributed by atoms with Crippen LogP contribution in [0.1, 0.15) is 31.5 Å². The number of hydrogen-bond donors (Lipinski definition) is 1. The number of benzene rings is 1. The monoisotopic (exact) mass is 357 g/mol. The van der Waals surface area contributed by atoms with Gasteiger partial charge < -0.3 is 4.98 Å². The van der Waals surface area contributed by atoms with Gasteiger partial charge in [0.2, 0.25) is 0 Å². The van der Waals surface area contributed by atoms with Crippen molar-refractivity contribution in [1.29, 1.82) is 0 Å². The molecule has 0 atom stereocenters. The van der Waals surface area contributed by atoms with E-state index in [2.05, 4.69) is 14.9 Å². The molecule has 1 aliphatic heterocycles. The number of thiophene rings is 1. The van der Waals surface area contributed by atoms with Gasteiger partial charge in [0, 0.05) is 4.88 Å². The minimum Gasteiger partial charge on any atom is -0.308 e. The molecular formula is C19H20FN3OS. The standard InChI is InChI=1S/C19H20FN3OS/c20-14-7-5-13(6-8-14)16-11-15-18(25-16)19(24)22-17(21-15)12-23-9-3-1-2-4-10-23/h5-8,11H,1-4,9-10,12H2,(H,21,22,24). The van der Waals surface area contributed by atoms with Crippen molar-refractivity contribution in [1.82, 2.24) is 14.9 Å². The molecule has 0 bridgehead atoms. The first-order chi connectivity index (χ1) is 12.2. The number of nitrogens with zero attached hydrogens (tertiary/aromatic N) is 2.